The average Bonchev–Trinajstić information content (AvgIpc) is 3.79. The SMILES string of the molecule is O=C(CCCCCn1cc(CCCCc2cn(CCCCCC(=O)N[C@@H]3O[C@H](CO)[C@@H](O)[C@H](O)[C@H]3O)nn2)nn1)N[C@@H]1O[C@H](CO)[C@@H](O)[C@H](O)[C@H]1O. The highest BCUT2D eigenvalue weighted by Crippen LogP contribution is 2.21. The Kier molecular flexibility index (Phi) is 16.7. The van der Waals surface area contributed by atoms with Gasteiger partial charge in [-0.25, -0.2) is 0 Å². The minimum atomic E-state index is -1.54. The third-order valence-electron chi connectivity index (χ3n) is 9.26. The molecule has 10 atom stereocenters. The largest absolute Gasteiger partial charge is 0.394 e. The standard InChI is InChI=1S/C32H54N8O12/c41-17-21-25(45)27(47)29(49)31(51-21)33-23(43)11-3-1-7-13-39-15-19(35-37-39)9-5-6-10-20-16-40(38-36-20)14-8-2-4-12-24(44)34-32-30(50)28(48)26(46)22(18-42)52-32/h15-16,21-22,25-32,41-42,45-50H,1-14,17-18H2,(H,33,43)(H,34,44)/t21-,22-,25-,26-,27+,28+,29-,30-,31-,32-/m1/s1. The zero-order valence-corrected chi connectivity index (χ0v) is 29.1. The molecule has 0 aliphatic carbocycles. The lowest BCUT2D eigenvalue weighted by Crippen LogP contribution is -2.63. The number of rotatable bonds is 21. The minimum absolute atomic E-state index is 0.185. The summed E-state index contributed by atoms with van der Waals surface area (Å²) < 4.78 is 14.2. The second-order valence-corrected chi connectivity index (χ2v) is 13.4. The molecule has 2 aliphatic rings. The highest BCUT2D eigenvalue weighted by molar-refractivity contribution is 5.76. The van der Waals surface area contributed by atoms with Crippen LogP contribution >= 0.6 is 0 Å². The van der Waals surface area contributed by atoms with E-state index in [1.54, 1.807) is 9.36 Å². The smallest absolute Gasteiger partial charge is 0.222 e. The average molecular weight is 743 g/mol. The molecular weight excluding hydrogens is 688 g/mol. The topological polar surface area (TPSA) is 300 Å². The number of ether oxygens (including phenoxy) is 2. The van der Waals surface area contributed by atoms with Crippen LogP contribution in [0, 0.1) is 0 Å². The molecule has 2 aliphatic heterocycles. The fourth-order valence-electron chi connectivity index (χ4n) is 6.11. The molecule has 2 fully saturated rings. The van der Waals surface area contributed by atoms with Crippen molar-refractivity contribution in [3.63, 3.8) is 0 Å². The van der Waals surface area contributed by atoms with Crippen molar-refractivity contribution in [1.82, 2.24) is 40.6 Å². The van der Waals surface area contributed by atoms with E-state index in [0.717, 1.165) is 62.8 Å². The number of nitrogens with one attached hydrogen (secondary N) is 2. The Morgan fingerprint density at radius 1 is 0.577 bits per heavy atom. The third-order valence-corrected chi connectivity index (χ3v) is 9.26. The quantitative estimate of drug-likeness (QED) is 0.0553. The van der Waals surface area contributed by atoms with Crippen molar-refractivity contribution in [1.29, 1.82) is 0 Å². The summed E-state index contributed by atoms with van der Waals surface area (Å²) in [5, 5.41) is 99.9. The van der Waals surface area contributed by atoms with Gasteiger partial charge in [0.2, 0.25) is 11.8 Å². The molecule has 0 bridgehead atoms. The van der Waals surface area contributed by atoms with Crippen LogP contribution in [0.25, 0.3) is 0 Å². The van der Waals surface area contributed by atoms with Gasteiger partial charge in [-0.2, -0.15) is 0 Å². The number of aryl methyl sites for hydroxylation is 4. The first-order valence-corrected chi connectivity index (χ1v) is 18.0. The number of aromatic nitrogens is 6. The Morgan fingerprint density at radius 2 is 0.981 bits per heavy atom. The molecule has 20 nitrogen and oxygen atoms in total. The van der Waals surface area contributed by atoms with Crippen molar-refractivity contribution in [3.05, 3.63) is 23.8 Å². The van der Waals surface area contributed by atoms with Crippen LogP contribution in [0.15, 0.2) is 12.4 Å². The van der Waals surface area contributed by atoms with Gasteiger partial charge in [0.15, 0.2) is 12.5 Å². The van der Waals surface area contributed by atoms with Crippen LogP contribution in [0.5, 0.6) is 0 Å². The summed E-state index contributed by atoms with van der Waals surface area (Å²) in [7, 11) is 0. The number of nitrogens with zero attached hydrogens (tertiary/aromatic N) is 6. The molecule has 2 saturated heterocycles. The number of hydrogen-bond donors (Lipinski definition) is 10. The van der Waals surface area contributed by atoms with E-state index in [-0.39, 0.29) is 24.7 Å². The van der Waals surface area contributed by atoms with E-state index in [9.17, 15) is 50.4 Å². The Hall–Kier alpha value is -3.18. The Labute approximate surface area is 300 Å². The summed E-state index contributed by atoms with van der Waals surface area (Å²) in [6.07, 6.45) is -1.85. The number of unbranched alkanes of at least 4 members (excludes halogenated alkanes) is 5. The van der Waals surface area contributed by atoms with Crippen LogP contribution in [-0.4, -0.2) is 157 Å². The fourth-order valence-corrected chi connectivity index (χ4v) is 6.11. The van der Waals surface area contributed by atoms with E-state index < -0.39 is 74.5 Å². The summed E-state index contributed by atoms with van der Waals surface area (Å²) in [4.78, 5) is 24.6. The van der Waals surface area contributed by atoms with Gasteiger partial charge in [0.1, 0.15) is 48.8 Å². The molecule has 52 heavy (non-hydrogen) atoms. The lowest BCUT2D eigenvalue weighted by atomic mass is 9.98. The van der Waals surface area contributed by atoms with Crippen molar-refractivity contribution in [2.24, 2.45) is 0 Å². The van der Waals surface area contributed by atoms with E-state index in [2.05, 4.69) is 31.3 Å². The minimum Gasteiger partial charge on any atom is -0.394 e. The first-order chi connectivity index (χ1) is 25.0. The maximum Gasteiger partial charge on any atom is 0.222 e. The van der Waals surface area contributed by atoms with Crippen molar-refractivity contribution >= 4 is 11.8 Å². The van der Waals surface area contributed by atoms with Gasteiger partial charge < -0.3 is 61.0 Å². The van der Waals surface area contributed by atoms with Gasteiger partial charge in [0, 0.05) is 38.3 Å². The second kappa shape index (κ2) is 20.9. The molecule has 0 aromatic carbocycles. The maximum atomic E-state index is 12.3. The first kappa shape index (κ1) is 41.6. The van der Waals surface area contributed by atoms with Crippen molar-refractivity contribution < 1.29 is 59.9 Å². The number of carbonyl (C=O) groups excluding carboxylic acids is 2. The van der Waals surface area contributed by atoms with Gasteiger partial charge in [-0.05, 0) is 51.4 Å². The first-order valence-electron chi connectivity index (χ1n) is 18.0. The van der Waals surface area contributed by atoms with E-state index in [1.165, 1.54) is 0 Å². The zero-order chi connectivity index (χ0) is 37.6. The summed E-state index contributed by atoms with van der Waals surface area (Å²) in [6, 6.07) is 0. The molecule has 4 rings (SSSR count). The van der Waals surface area contributed by atoms with Crippen LogP contribution in [-0.2, 0) is 45.0 Å². The van der Waals surface area contributed by atoms with Gasteiger partial charge in [0.05, 0.1) is 24.6 Å². The summed E-state index contributed by atoms with van der Waals surface area (Å²) in [5.74, 6) is -0.741. The van der Waals surface area contributed by atoms with Crippen LogP contribution in [0.3, 0.4) is 0 Å². The molecule has 2 aromatic heterocycles. The summed E-state index contributed by atoms with van der Waals surface area (Å²) in [5.41, 5.74) is 1.79. The number of carbonyl (C=O) groups is 2. The second-order valence-electron chi connectivity index (χ2n) is 13.4. The van der Waals surface area contributed by atoms with Gasteiger partial charge in [-0.3, -0.25) is 19.0 Å². The van der Waals surface area contributed by atoms with Crippen LogP contribution in [0.1, 0.15) is 75.6 Å². The number of amides is 2. The number of aliphatic hydroxyl groups excluding tert-OH is 8. The molecule has 0 radical (unpaired) electrons. The highest BCUT2D eigenvalue weighted by atomic mass is 16.6. The van der Waals surface area contributed by atoms with Gasteiger partial charge in [-0.1, -0.05) is 23.3 Å². The van der Waals surface area contributed by atoms with Crippen LogP contribution in [0.2, 0.25) is 0 Å². The van der Waals surface area contributed by atoms with Crippen LogP contribution in [0.4, 0.5) is 0 Å². The predicted octanol–water partition coefficient (Wildman–Crippen LogP) is -3.61. The molecule has 4 heterocycles. The zero-order valence-electron chi connectivity index (χ0n) is 29.1. The maximum absolute atomic E-state index is 12.3. The molecule has 0 unspecified atom stereocenters. The van der Waals surface area contributed by atoms with E-state index in [4.69, 9.17) is 9.47 Å². The van der Waals surface area contributed by atoms with E-state index in [0.29, 0.717) is 25.9 Å². The normalized spacial score (nSPS) is 29.2. The fraction of sp³-hybridized carbons (Fsp3) is 0.812. The molecule has 10 N–H and O–H groups in total. The summed E-state index contributed by atoms with van der Waals surface area (Å²) >= 11 is 0. The molecule has 0 saturated carbocycles. The van der Waals surface area contributed by atoms with Crippen molar-refractivity contribution in [3.8, 4) is 0 Å². The van der Waals surface area contributed by atoms with E-state index >= 15 is 0 Å². The molecule has 2 aromatic rings. The number of aliphatic hydroxyl groups is 8. The highest BCUT2D eigenvalue weighted by Gasteiger charge is 2.45. The van der Waals surface area contributed by atoms with Gasteiger partial charge in [0.25, 0.3) is 0 Å². The van der Waals surface area contributed by atoms with Gasteiger partial charge in [-0.15, -0.1) is 10.2 Å². The Bertz CT molecular complexity index is 1260. The number of hydrogen-bond acceptors (Lipinski definition) is 16. The Balaban J connectivity index is 1.01. The molecule has 0 spiro atoms. The monoisotopic (exact) mass is 742 g/mol. The van der Waals surface area contributed by atoms with E-state index in [1.807, 2.05) is 12.4 Å². The lowest BCUT2D eigenvalue weighted by molar-refractivity contribution is -0.236. The van der Waals surface area contributed by atoms with Crippen molar-refractivity contribution in [2.45, 2.75) is 151 Å². The molecule has 294 valence electrons. The third kappa shape index (κ3) is 12.2. The predicted molar refractivity (Wildman–Crippen MR) is 177 cm³/mol. The summed E-state index contributed by atoms with van der Waals surface area (Å²) in [6.45, 7) is 0.178. The molecule has 2 amide bonds. The Morgan fingerprint density at radius 3 is 1.37 bits per heavy atom. The van der Waals surface area contributed by atoms with Crippen LogP contribution < -0.4 is 10.6 Å². The molecule has 20 heteroatoms. The molecular formula is C32H54N8O12. The van der Waals surface area contributed by atoms with Crippen molar-refractivity contribution in [2.75, 3.05) is 13.2 Å². The lowest BCUT2D eigenvalue weighted by Gasteiger charge is -2.40. The van der Waals surface area contributed by atoms with Gasteiger partial charge >= 0.3 is 0 Å².